The van der Waals surface area contributed by atoms with Gasteiger partial charge in [0.05, 0.1) is 0 Å². The maximum atomic E-state index is 5.62. The van der Waals surface area contributed by atoms with Gasteiger partial charge in [-0.15, -0.1) is 5.10 Å². The van der Waals surface area contributed by atoms with Crippen LogP contribution in [0.2, 0.25) is 0 Å². The van der Waals surface area contributed by atoms with Crippen LogP contribution in [0.15, 0.2) is 28.3 Å². The zero-order valence-corrected chi connectivity index (χ0v) is 11.6. The van der Waals surface area contributed by atoms with Gasteiger partial charge in [0.25, 0.3) is 0 Å². The highest BCUT2D eigenvalue weighted by molar-refractivity contribution is 5.81. The molecule has 0 saturated heterocycles. The molecule has 0 fully saturated rings. The van der Waals surface area contributed by atoms with Crippen molar-refractivity contribution in [1.82, 2.24) is 5.43 Å². The smallest absolute Gasteiger partial charge is 0.209 e. The summed E-state index contributed by atoms with van der Waals surface area (Å²) in [6.07, 6.45) is 5.87. The molecule has 0 spiro atoms. The molecule has 0 amide bonds. The van der Waals surface area contributed by atoms with E-state index in [0.29, 0.717) is 6.54 Å². The Labute approximate surface area is 119 Å². The Hall–Kier alpha value is -2.24. The van der Waals surface area contributed by atoms with E-state index < -0.39 is 0 Å². The molecule has 0 bridgehead atoms. The molecule has 0 aromatic heterocycles. The van der Waals surface area contributed by atoms with Crippen LogP contribution in [0.1, 0.15) is 29.5 Å². The van der Waals surface area contributed by atoms with Crippen LogP contribution < -0.4 is 22.6 Å². The van der Waals surface area contributed by atoms with Crippen molar-refractivity contribution in [3.8, 4) is 0 Å². The first-order chi connectivity index (χ1) is 9.65. The van der Waals surface area contributed by atoms with E-state index in [-0.39, 0.29) is 11.9 Å². The molecule has 0 aliphatic heterocycles. The van der Waals surface area contributed by atoms with E-state index in [1.165, 1.54) is 42.4 Å². The molecular weight excluding hydrogens is 252 g/mol. The van der Waals surface area contributed by atoms with Gasteiger partial charge in [-0.25, -0.2) is 5.43 Å². The second kappa shape index (κ2) is 6.79. The van der Waals surface area contributed by atoms with Crippen molar-refractivity contribution in [1.29, 1.82) is 0 Å². The number of hydrogen-bond acceptors (Lipinski definition) is 2. The Bertz CT molecular complexity index is 516. The van der Waals surface area contributed by atoms with Gasteiger partial charge in [-0.3, -0.25) is 4.99 Å². The average molecular weight is 274 g/mol. The van der Waals surface area contributed by atoms with Crippen LogP contribution in [-0.2, 0) is 19.3 Å². The lowest BCUT2D eigenvalue weighted by atomic mass is 9.90. The molecule has 0 unspecified atom stereocenters. The number of guanidine groups is 2. The van der Waals surface area contributed by atoms with E-state index in [0.717, 1.165) is 6.42 Å². The fourth-order valence-electron chi connectivity index (χ4n) is 2.40. The summed E-state index contributed by atoms with van der Waals surface area (Å²) in [7, 11) is 0. The molecule has 1 aliphatic rings. The standard InChI is InChI=1S/C14H22N6/c15-13(16)19-20-14(17)18-8-7-10-5-6-11-3-1-2-4-12(11)9-10/h5-6,9H,1-4,7-8H2,(H4,15,16,19)(H3,17,18,20). The average Bonchev–Trinajstić information content (AvgIpc) is 2.45. The maximum absolute atomic E-state index is 5.62. The molecule has 0 heterocycles. The maximum Gasteiger partial charge on any atom is 0.209 e. The lowest BCUT2D eigenvalue weighted by Gasteiger charge is -2.16. The number of hydrogen-bond donors (Lipinski definition) is 4. The molecule has 6 nitrogen and oxygen atoms in total. The van der Waals surface area contributed by atoms with E-state index in [4.69, 9.17) is 17.2 Å². The highest BCUT2D eigenvalue weighted by Gasteiger charge is 2.09. The molecule has 1 aromatic carbocycles. The number of aryl methyl sites for hydroxylation is 2. The summed E-state index contributed by atoms with van der Waals surface area (Å²) < 4.78 is 0. The molecule has 1 aliphatic carbocycles. The third kappa shape index (κ3) is 4.15. The first kappa shape index (κ1) is 14.2. The second-order valence-electron chi connectivity index (χ2n) is 4.98. The van der Waals surface area contributed by atoms with Crippen molar-refractivity contribution in [3.05, 3.63) is 34.9 Å². The van der Waals surface area contributed by atoms with Gasteiger partial charge in [0.15, 0.2) is 0 Å². The summed E-state index contributed by atoms with van der Waals surface area (Å²) in [6, 6.07) is 6.72. The first-order valence-corrected chi connectivity index (χ1v) is 6.90. The fraction of sp³-hybridized carbons (Fsp3) is 0.429. The van der Waals surface area contributed by atoms with Gasteiger partial charge in [-0.2, -0.15) is 0 Å². The Morgan fingerprint density at radius 1 is 1.10 bits per heavy atom. The Balaban J connectivity index is 1.88. The molecule has 0 saturated carbocycles. The largest absolute Gasteiger partial charge is 0.369 e. The van der Waals surface area contributed by atoms with E-state index in [9.17, 15) is 0 Å². The SMILES string of the molecule is NC(N)=NNC(N)=NCCc1ccc2c(c1)CCCC2. The molecule has 20 heavy (non-hydrogen) atoms. The molecule has 7 N–H and O–H groups in total. The summed E-state index contributed by atoms with van der Waals surface area (Å²) in [5, 5.41) is 3.57. The van der Waals surface area contributed by atoms with Crippen LogP contribution in [0, 0.1) is 0 Å². The number of nitrogens with one attached hydrogen (secondary N) is 1. The third-order valence-corrected chi connectivity index (χ3v) is 3.40. The van der Waals surface area contributed by atoms with Gasteiger partial charge in [0, 0.05) is 6.54 Å². The predicted octanol–water partition coefficient (Wildman–Crippen LogP) is 0.201. The van der Waals surface area contributed by atoms with Crippen molar-refractivity contribution in [2.24, 2.45) is 27.3 Å². The van der Waals surface area contributed by atoms with E-state index in [2.05, 4.69) is 33.7 Å². The first-order valence-electron chi connectivity index (χ1n) is 6.90. The van der Waals surface area contributed by atoms with Gasteiger partial charge in [0.2, 0.25) is 11.9 Å². The van der Waals surface area contributed by atoms with Gasteiger partial charge in [0.1, 0.15) is 0 Å². The van der Waals surface area contributed by atoms with Gasteiger partial charge < -0.3 is 17.2 Å². The highest BCUT2D eigenvalue weighted by atomic mass is 15.4. The topological polar surface area (TPSA) is 115 Å². The normalized spacial score (nSPS) is 14.5. The predicted molar refractivity (Wildman–Crippen MR) is 82.2 cm³/mol. The van der Waals surface area contributed by atoms with Crippen molar-refractivity contribution < 1.29 is 0 Å². The number of aliphatic imine (C=N–C) groups is 1. The van der Waals surface area contributed by atoms with E-state index in [1.54, 1.807) is 0 Å². The summed E-state index contributed by atoms with van der Waals surface area (Å²) in [6.45, 7) is 0.609. The molecule has 1 aromatic rings. The van der Waals surface area contributed by atoms with Crippen molar-refractivity contribution in [3.63, 3.8) is 0 Å². The van der Waals surface area contributed by atoms with Crippen LogP contribution in [0.4, 0.5) is 0 Å². The minimum Gasteiger partial charge on any atom is -0.369 e. The van der Waals surface area contributed by atoms with Crippen molar-refractivity contribution in [2.45, 2.75) is 32.1 Å². The Kier molecular flexibility index (Phi) is 4.81. The van der Waals surface area contributed by atoms with E-state index in [1.807, 2.05) is 0 Å². The van der Waals surface area contributed by atoms with Crippen LogP contribution in [0.25, 0.3) is 0 Å². The van der Waals surface area contributed by atoms with Gasteiger partial charge in [-0.05, 0) is 48.8 Å². The number of nitrogens with zero attached hydrogens (tertiary/aromatic N) is 2. The summed E-state index contributed by atoms with van der Waals surface area (Å²) in [4.78, 5) is 4.17. The minimum absolute atomic E-state index is 0.0714. The molecule has 108 valence electrons. The lowest BCUT2D eigenvalue weighted by molar-refractivity contribution is 0.684. The zero-order valence-electron chi connectivity index (χ0n) is 11.6. The van der Waals surface area contributed by atoms with Crippen LogP contribution in [0.3, 0.4) is 0 Å². The Morgan fingerprint density at radius 3 is 2.60 bits per heavy atom. The van der Waals surface area contributed by atoms with Crippen molar-refractivity contribution >= 4 is 11.9 Å². The number of nitrogens with two attached hydrogens (primary N) is 3. The van der Waals surface area contributed by atoms with Crippen LogP contribution in [0.5, 0.6) is 0 Å². The third-order valence-electron chi connectivity index (χ3n) is 3.40. The quantitative estimate of drug-likeness (QED) is 0.356. The summed E-state index contributed by atoms with van der Waals surface area (Å²) in [5.41, 5.74) is 22.7. The highest BCUT2D eigenvalue weighted by Crippen LogP contribution is 2.22. The van der Waals surface area contributed by atoms with Gasteiger partial charge in [-0.1, -0.05) is 18.2 Å². The summed E-state index contributed by atoms with van der Waals surface area (Å²) >= 11 is 0. The molecule has 6 heteroatoms. The number of hydrazone groups is 1. The van der Waals surface area contributed by atoms with Crippen LogP contribution in [-0.4, -0.2) is 18.5 Å². The van der Waals surface area contributed by atoms with Gasteiger partial charge >= 0.3 is 0 Å². The number of fused-ring (bicyclic) bond motifs is 1. The molecule has 0 radical (unpaired) electrons. The fourth-order valence-corrected chi connectivity index (χ4v) is 2.40. The second-order valence-corrected chi connectivity index (χ2v) is 4.98. The van der Waals surface area contributed by atoms with Crippen LogP contribution >= 0.6 is 0 Å². The summed E-state index contributed by atoms with van der Waals surface area (Å²) in [5.74, 6) is 0.147. The Morgan fingerprint density at radius 2 is 1.85 bits per heavy atom. The number of rotatable bonds is 4. The number of benzene rings is 1. The molecule has 0 atom stereocenters. The van der Waals surface area contributed by atoms with E-state index >= 15 is 0 Å². The minimum atomic E-state index is -0.0714. The molecular formula is C14H22N6. The van der Waals surface area contributed by atoms with Crippen molar-refractivity contribution in [2.75, 3.05) is 6.54 Å². The zero-order chi connectivity index (χ0) is 14.4. The monoisotopic (exact) mass is 274 g/mol. The lowest BCUT2D eigenvalue weighted by Crippen LogP contribution is -2.33. The molecule has 2 rings (SSSR count).